The molecule has 0 radical (unpaired) electrons. The third kappa shape index (κ3) is 6.26. The summed E-state index contributed by atoms with van der Waals surface area (Å²) >= 11 is 0. The molecule has 2 atom stereocenters. The summed E-state index contributed by atoms with van der Waals surface area (Å²) in [5.41, 5.74) is 8.64. The summed E-state index contributed by atoms with van der Waals surface area (Å²) in [7, 11) is 3.08. The normalized spacial score (nSPS) is 17.3. The topological polar surface area (TPSA) is 139 Å². The maximum atomic E-state index is 12.9. The molecule has 29 heavy (non-hydrogen) atoms. The van der Waals surface area contributed by atoms with Crippen LogP contribution in [0.1, 0.15) is 19.0 Å². The highest BCUT2D eigenvalue weighted by molar-refractivity contribution is 5.95. The monoisotopic (exact) mass is 415 g/mol. The van der Waals surface area contributed by atoms with Crippen LogP contribution in [0.25, 0.3) is 0 Å². The van der Waals surface area contributed by atoms with Crippen molar-refractivity contribution in [2.45, 2.75) is 31.7 Å². The van der Waals surface area contributed by atoms with Crippen LogP contribution in [-0.4, -0.2) is 54.6 Å². The number of anilines is 1. The van der Waals surface area contributed by atoms with E-state index in [0.29, 0.717) is 6.42 Å². The summed E-state index contributed by atoms with van der Waals surface area (Å²) in [6, 6.07) is 1.66. The molecule has 2 heterocycles. The lowest BCUT2D eigenvalue weighted by molar-refractivity contribution is -0.141. The number of nitrogens with zero attached hydrogens (tertiary/aromatic N) is 3. The zero-order valence-corrected chi connectivity index (χ0v) is 16.2. The Labute approximate surface area is 166 Å². The number of primary amides is 1. The lowest BCUT2D eigenvalue weighted by Crippen LogP contribution is -2.52. The fourth-order valence-electron chi connectivity index (χ4n) is 2.37. The number of nitrogens with two attached hydrogens (primary N) is 2. The van der Waals surface area contributed by atoms with Gasteiger partial charge in [-0.3, -0.25) is 15.1 Å². The summed E-state index contributed by atoms with van der Waals surface area (Å²) in [6.45, 7) is 1.81. The first-order valence-corrected chi connectivity index (χ1v) is 8.57. The quantitative estimate of drug-likeness (QED) is 0.480. The van der Waals surface area contributed by atoms with Gasteiger partial charge in [0.25, 0.3) is 5.91 Å². The maximum absolute atomic E-state index is 12.9. The largest absolute Gasteiger partial charge is 0.433 e. The molecule has 1 aromatic rings. The van der Waals surface area contributed by atoms with Crippen LogP contribution in [-0.2, 0) is 15.8 Å². The van der Waals surface area contributed by atoms with Crippen LogP contribution in [0.2, 0.25) is 0 Å². The van der Waals surface area contributed by atoms with Crippen molar-refractivity contribution in [1.82, 2.24) is 15.2 Å². The smallest absolute Gasteiger partial charge is 0.364 e. The summed E-state index contributed by atoms with van der Waals surface area (Å²) in [5, 5.41) is 5.74. The Kier molecular flexibility index (Phi) is 8.73. The molecule has 1 aliphatic rings. The first-order chi connectivity index (χ1) is 13.7. The van der Waals surface area contributed by atoms with E-state index >= 15 is 0 Å². The molecule has 1 aromatic heterocycles. The summed E-state index contributed by atoms with van der Waals surface area (Å²) in [5.74, 6) is -0.755. The molecule has 0 aromatic carbocycles. The first-order valence-electron chi connectivity index (χ1n) is 8.57. The van der Waals surface area contributed by atoms with Gasteiger partial charge < -0.3 is 26.5 Å². The molecule has 160 valence electrons. The van der Waals surface area contributed by atoms with E-state index in [1.165, 1.54) is 24.2 Å². The van der Waals surface area contributed by atoms with Gasteiger partial charge >= 0.3 is 6.18 Å². The van der Waals surface area contributed by atoms with Gasteiger partial charge in [-0.15, -0.1) is 0 Å². The fourth-order valence-corrected chi connectivity index (χ4v) is 2.37. The number of alkyl halides is 3. The van der Waals surface area contributed by atoms with Crippen molar-refractivity contribution in [2.24, 2.45) is 16.5 Å². The third-order valence-corrected chi connectivity index (χ3v) is 3.87. The van der Waals surface area contributed by atoms with Gasteiger partial charge in [-0.1, -0.05) is 6.92 Å². The standard InChI is InChI=1S/C16H19F3N6O2.CH5N/c1-3-9(8-26)23-12-7-22-13(14(20)27)15(25(12)2)24-10-4-5-21-11(6-10)16(17,18)19;1-2/h4-9,12,23H,3H2,1-2H3,(H2,20,27)(H,21,24);2H2,1H3. The predicted octanol–water partition coefficient (Wildman–Crippen LogP) is 0.651. The molecule has 2 rings (SSSR count). The molecular formula is C17H24F3N7O2. The zero-order chi connectivity index (χ0) is 22.2. The van der Waals surface area contributed by atoms with Crippen molar-refractivity contribution >= 4 is 24.1 Å². The van der Waals surface area contributed by atoms with Crippen LogP contribution in [0.3, 0.4) is 0 Å². The van der Waals surface area contributed by atoms with Gasteiger partial charge in [-0.25, -0.2) is 4.99 Å². The SMILES string of the molecule is CCC(C=O)NC1C=NC(C(N)=O)=C(Nc2ccnc(C(F)(F)F)c2)N1C.CN. The van der Waals surface area contributed by atoms with Crippen molar-refractivity contribution in [1.29, 1.82) is 0 Å². The van der Waals surface area contributed by atoms with E-state index in [1.54, 1.807) is 7.05 Å². The molecular weight excluding hydrogens is 391 g/mol. The lowest BCUT2D eigenvalue weighted by Gasteiger charge is -2.35. The Morgan fingerprint density at radius 3 is 2.59 bits per heavy atom. The highest BCUT2D eigenvalue weighted by Crippen LogP contribution is 2.29. The van der Waals surface area contributed by atoms with Crippen molar-refractivity contribution in [3.8, 4) is 0 Å². The molecule has 0 spiro atoms. The van der Waals surface area contributed by atoms with Crippen LogP contribution in [0.15, 0.2) is 34.8 Å². The van der Waals surface area contributed by atoms with E-state index in [2.05, 4.69) is 26.3 Å². The number of hydrogen-bond donors (Lipinski definition) is 4. The second-order valence-electron chi connectivity index (χ2n) is 5.77. The van der Waals surface area contributed by atoms with Crippen molar-refractivity contribution < 1.29 is 22.8 Å². The van der Waals surface area contributed by atoms with Crippen molar-refractivity contribution in [3.05, 3.63) is 35.5 Å². The summed E-state index contributed by atoms with van der Waals surface area (Å²) in [6.07, 6.45) is -1.54. The molecule has 2 unspecified atom stereocenters. The zero-order valence-electron chi connectivity index (χ0n) is 16.2. The molecule has 12 heteroatoms. The van der Waals surface area contributed by atoms with E-state index in [4.69, 9.17) is 5.73 Å². The van der Waals surface area contributed by atoms with Crippen LogP contribution >= 0.6 is 0 Å². The fraction of sp³-hybridized carbons (Fsp3) is 0.412. The molecule has 0 saturated carbocycles. The number of hydrogen-bond acceptors (Lipinski definition) is 8. The molecule has 0 saturated heterocycles. The van der Waals surface area contributed by atoms with Crippen LogP contribution < -0.4 is 22.1 Å². The number of aldehydes is 1. The Balaban J connectivity index is 0.00000204. The van der Waals surface area contributed by atoms with Crippen LogP contribution in [0.4, 0.5) is 18.9 Å². The predicted molar refractivity (Wildman–Crippen MR) is 103 cm³/mol. The molecule has 0 aliphatic carbocycles. The van der Waals surface area contributed by atoms with Gasteiger partial charge in [0.1, 0.15) is 24.0 Å². The Bertz CT molecular complexity index is 781. The second kappa shape index (κ2) is 10.5. The molecule has 6 N–H and O–H groups in total. The first kappa shape index (κ1) is 24.0. The minimum atomic E-state index is -4.61. The van der Waals surface area contributed by atoms with Gasteiger partial charge in [-0.2, -0.15) is 13.2 Å². The molecule has 1 amide bonds. The van der Waals surface area contributed by atoms with Gasteiger partial charge in [-0.05, 0) is 25.6 Å². The van der Waals surface area contributed by atoms with E-state index in [9.17, 15) is 22.8 Å². The Morgan fingerprint density at radius 2 is 2.07 bits per heavy atom. The molecule has 0 bridgehead atoms. The van der Waals surface area contributed by atoms with E-state index in [-0.39, 0.29) is 17.2 Å². The number of carbonyl (C=O) groups excluding carboxylic acids is 2. The minimum Gasteiger partial charge on any atom is -0.364 e. The Hall–Kier alpha value is -2.99. The number of aromatic nitrogens is 1. The number of aliphatic imine (C=N–C) groups is 1. The van der Waals surface area contributed by atoms with Crippen molar-refractivity contribution in [3.63, 3.8) is 0 Å². The highest BCUT2D eigenvalue weighted by Gasteiger charge is 2.33. The number of halogens is 3. The average Bonchev–Trinajstić information content (AvgIpc) is 2.69. The molecule has 9 nitrogen and oxygen atoms in total. The second-order valence-corrected chi connectivity index (χ2v) is 5.77. The minimum absolute atomic E-state index is 0.0520. The van der Waals surface area contributed by atoms with Crippen LogP contribution in [0.5, 0.6) is 0 Å². The van der Waals surface area contributed by atoms with Gasteiger partial charge in [0.05, 0.1) is 6.04 Å². The molecule has 1 aliphatic heterocycles. The maximum Gasteiger partial charge on any atom is 0.433 e. The number of carbonyl (C=O) groups is 2. The number of rotatable bonds is 7. The lowest BCUT2D eigenvalue weighted by atomic mass is 10.2. The number of amides is 1. The highest BCUT2D eigenvalue weighted by atomic mass is 19.4. The van der Waals surface area contributed by atoms with Crippen molar-refractivity contribution in [2.75, 3.05) is 19.4 Å². The summed E-state index contributed by atoms with van der Waals surface area (Å²) in [4.78, 5) is 31.5. The Morgan fingerprint density at radius 1 is 1.41 bits per heavy atom. The van der Waals surface area contributed by atoms with Gasteiger partial charge in [0, 0.05) is 25.1 Å². The number of nitrogens with one attached hydrogen (secondary N) is 2. The summed E-state index contributed by atoms with van der Waals surface area (Å²) < 4.78 is 38.6. The van der Waals surface area contributed by atoms with Gasteiger partial charge in [0.2, 0.25) is 0 Å². The third-order valence-electron chi connectivity index (χ3n) is 3.87. The van der Waals surface area contributed by atoms with E-state index in [1.807, 2.05) is 6.92 Å². The van der Waals surface area contributed by atoms with E-state index < -0.39 is 30.0 Å². The van der Waals surface area contributed by atoms with Gasteiger partial charge in [0.15, 0.2) is 5.70 Å². The van der Waals surface area contributed by atoms with Crippen LogP contribution in [0, 0.1) is 0 Å². The number of pyridine rings is 1. The molecule has 0 fully saturated rings. The van der Waals surface area contributed by atoms with E-state index in [0.717, 1.165) is 18.5 Å². The average molecular weight is 415 g/mol.